The summed E-state index contributed by atoms with van der Waals surface area (Å²) >= 11 is 0. The van der Waals surface area contributed by atoms with Crippen LogP contribution in [0.15, 0.2) is 34.5 Å². The number of cyclic esters (lactones) is 2. The van der Waals surface area contributed by atoms with Crippen LogP contribution in [0.5, 0.6) is 0 Å². The molecule has 1 aliphatic heterocycles. The summed E-state index contributed by atoms with van der Waals surface area (Å²) in [6.45, 7) is 8.16. The Balaban J connectivity index is 2.82. The number of hydrogen-bond acceptors (Lipinski definition) is 6. The topological polar surface area (TPSA) is 77.3 Å². The minimum atomic E-state index is -1.23. The highest BCUT2D eigenvalue weighted by molar-refractivity contribution is 6.10. The lowest BCUT2D eigenvalue weighted by atomic mass is 10.1. The summed E-state index contributed by atoms with van der Waals surface area (Å²) in [5.41, 5.74) is 0.491. The van der Waals surface area contributed by atoms with E-state index in [1.54, 1.807) is 13.0 Å². The van der Waals surface area contributed by atoms with Gasteiger partial charge < -0.3 is 9.47 Å². The molecule has 0 saturated carbocycles. The molecule has 0 spiro atoms. The van der Waals surface area contributed by atoms with Gasteiger partial charge in [0, 0.05) is 26.3 Å². The lowest BCUT2D eigenvalue weighted by Crippen LogP contribution is -2.46. The van der Waals surface area contributed by atoms with Gasteiger partial charge in [-0.1, -0.05) is 12.7 Å². The zero-order valence-electron chi connectivity index (χ0n) is 11.1. The first-order valence-electron chi connectivity index (χ1n) is 5.70. The van der Waals surface area contributed by atoms with Crippen molar-refractivity contribution in [2.45, 2.75) is 26.6 Å². The summed E-state index contributed by atoms with van der Waals surface area (Å²) in [4.78, 5) is 31.1. The van der Waals surface area contributed by atoms with Gasteiger partial charge in [0.1, 0.15) is 0 Å². The second-order valence-electron chi connectivity index (χ2n) is 4.17. The van der Waals surface area contributed by atoms with E-state index in [2.05, 4.69) is 16.6 Å². The number of nitrogens with zero attached hydrogens (tertiary/aromatic N) is 2. The molecule has 0 bridgehead atoms. The molecule has 1 aliphatic rings. The SMILES string of the molecule is C=C\N=C/C(=C\C)/N=C/C1C(=O)OC(C)(C)OC1=O. The largest absolute Gasteiger partial charge is 0.422 e. The molecule has 0 N–H and O–H groups in total. The summed E-state index contributed by atoms with van der Waals surface area (Å²) in [6, 6.07) is 0. The van der Waals surface area contributed by atoms with Crippen LogP contribution < -0.4 is 0 Å². The third-order valence-corrected chi connectivity index (χ3v) is 2.18. The summed E-state index contributed by atoms with van der Waals surface area (Å²) in [5, 5.41) is 0. The van der Waals surface area contributed by atoms with Crippen LogP contribution >= 0.6 is 0 Å². The molecule has 0 aromatic heterocycles. The standard InChI is InChI=1S/C13H16N2O4/c1-5-9(7-14-6-2)15-8-10-11(16)18-13(3,4)19-12(10)17/h5-8,10H,2H2,1,3-4H3/b9-5+,14-7-,15-8+. The Morgan fingerprint density at radius 3 is 2.37 bits per heavy atom. The number of allylic oxidation sites excluding steroid dienone is 2. The molecule has 102 valence electrons. The normalized spacial score (nSPS) is 20.7. The molecule has 6 heteroatoms. The van der Waals surface area contributed by atoms with E-state index >= 15 is 0 Å². The Morgan fingerprint density at radius 1 is 1.32 bits per heavy atom. The number of hydrogen-bond donors (Lipinski definition) is 0. The van der Waals surface area contributed by atoms with Gasteiger partial charge in [-0.15, -0.1) is 0 Å². The molecule has 0 aliphatic carbocycles. The molecule has 19 heavy (non-hydrogen) atoms. The third kappa shape index (κ3) is 4.17. The number of carbonyl (C=O) groups is 2. The van der Waals surface area contributed by atoms with Crippen LogP contribution in [-0.2, 0) is 19.1 Å². The molecule has 0 aromatic rings. The van der Waals surface area contributed by atoms with E-state index in [-0.39, 0.29) is 0 Å². The number of esters is 2. The summed E-state index contributed by atoms with van der Waals surface area (Å²) in [7, 11) is 0. The first-order valence-corrected chi connectivity index (χ1v) is 5.70. The van der Waals surface area contributed by atoms with Gasteiger partial charge >= 0.3 is 11.9 Å². The van der Waals surface area contributed by atoms with Crippen molar-refractivity contribution in [3.05, 3.63) is 24.6 Å². The van der Waals surface area contributed by atoms with Crippen molar-refractivity contribution in [3.63, 3.8) is 0 Å². The number of rotatable bonds is 4. The Kier molecular flexibility index (Phi) is 4.74. The number of aliphatic imine (C=N–C) groups is 2. The van der Waals surface area contributed by atoms with Gasteiger partial charge in [-0.05, 0) is 6.92 Å². The van der Waals surface area contributed by atoms with Crippen molar-refractivity contribution in [2.75, 3.05) is 0 Å². The minimum Gasteiger partial charge on any atom is -0.422 e. The first kappa shape index (κ1) is 14.8. The fourth-order valence-electron chi connectivity index (χ4n) is 1.32. The van der Waals surface area contributed by atoms with Crippen molar-refractivity contribution >= 4 is 24.4 Å². The Hall–Kier alpha value is -2.24. The first-order chi connectivity index (χ1) is 8.89. The van der Waals surface area contributed by atoms with Gasteiger partial charge in [0.05, 0.1) is 11.9 Å². The summed E-state index contributed by atoms with van der Waals surface area (Å²) in [5.74, 6) is -3.74. The van der Waals surface area contributed by atoms with Crippen LogP contribution in [-0.4, -0.2) is 30.2 Å². The van der Waals surface area contributed by atoms with Crippen LogP contribution in [0.4, 0.5) is 0 Å². The van der Waals surface area contributed by atoms with E-state index < -0.39 is 23.6 Å². The quantitative estimate of drug-likeness (QED) is 0.439. The monoisotopic (exact) mass is 264 g/mol. The molecular weight excluding hydrogens is 248 g/mol. The van der Waals surface area contributed by atoms with Crippen LogP contribution in [0.2, 0.25) is 0 Å². The van der Waals surface area contributed by atoms with Crippen molar-refractivity contribution in [3.8, 4) is 0 Å². The van der Waals surface area contributed by atoms with E-state index in [1.807, 2.05) is 0 Å². The predicted molar refractivity (Wildman–Crippen MR) is 70.7 cm³/mol. The maximum absolute atomic E-state index is 11.7. The van der Waals surface area contributed by atoms with Gasteiger partial charge in [0.15, 0.2) is 5.92 Å². The fraction of sp³-hybridized carbons (Fsp3) is 0.385. The van der Waals surface area contributed by atoms with Crippen molar-refractivity contribution in [1.29, 1.82) is 0 Å². The predicted octanol–water partition coefficient (Wildman–Crippen LogP) is 1.63. The second kappa shape index (κ2) is 6.08. The lowest BCUT2D eigenvalue weighted by molar-refractivity contribution is -0.235. The zero-order valence-corrected chi connectivity index (χ0v) is 11.1. The van der Waals surface area contributed by atoms with E-state index in [4.69, 9.17) is 9.47 Å². The van der Waals surface area contributed by atoms with E-state index in [9.17, 15) is 9.59 Å². The summed E-state index contributed by atoms with van der Waals surface area (Å²) in [6.07, 6.45) is 5.66. The Labute approximate surface area is 111 Å². The third-order valence-electron chi connectivity index (χ3n) is 2.18. The molecule has 0 amide bonds. The molecule has 1 saturated heterocycles. The molecule has 1 heterocycles. The molecule has 6 nitrogen and oxygen atoms in total. The zero-order chi connectivity index (χ0) is 14.5. The van der Waals surface area contributed by atoms with Crippen LogP contribution in [0.3, 0.4) is 0 Å². The van der Waals surface area contributed by atoms with Crippen LogP contribution in [0.25, 0.3) is 0 Å². The van der Waals surface area contributed by atoms with Crippen LogP contribution in [0, 0.1) is 5.92 Å². The highest BCUT2D eigenvalue weighted by Crippen LogP contribution is 2.22. The van der Waals surface area contributed by atoms with Crippen LogP contribution in [0.1, 0.15) is 20.8 Å². The molecular formula is C13H16N2O4. The van der Waals surface area contributed by atoms with Crippen molar-refractivity contribution < 1.29 is 19.1 Å². The highest BCUT2D eigenvalue weighted by Gasteiger charge is 2.42. The number of ether oxygens (including phenoxy) is 2. The molecule has 0 atom stereocenters. The van der Waals surface area contributed by atoms with E-state index in [0.29, 0.717) is 5.70 Å². The molecule has 1 rings (SSSR count). The highest BCUT2D eigenvalue weighted by atomic mass is 16.7. The Bertz CT molecular complexity index is 455. The van der Waals surface area contributed by atoms with Crippen molar-refractivity contribution in [2.24, 2.45) is 15.9 Å². The van der Waals surface area contributed by atoms with Gasteiger partial charge in [-0.3, -0.25) is 19.6 Å². The average molecular weight is 264 g/mol. The van der Waals surface area contributed by atoms with E-state index in [0.717, 1.165) is 0 Å². The molecule has 1 fully saturated rings. The maximum Gasteiger partial charge on any atom is 0.329 e. The Morgan fingerprint density at radius 2 is 1.89 bits per heavy atom. The summed E-state index contributed by atoms with van der Waals surface area (Å²) < 4.78 is 9.92. The molecule has 0 radical (unpaired) electrons. The van der Waals surface area contributed by atoms with Crippen molar-refractivity contribution in [1.82, 2.24) is 0 Å². The second-order valence-corrected chi connectivity index (χ2v) is 4.17. The van der Waals surface area contributed by atoms with Gasteiger partial charge in [0.25, 0.3) is 5.79 Å². The number of carbonyl (C=O) groups excluding carboxylic acids is 2. The smallest absolute Gasteiger partial charge is 0.329 e. The lowest BCUT2D eigenvalue weighted by Gasteiger charge is -2.31. The average Bonchev–Trinajstić information content (AvgIpc) is 2.30. The van der Waals surface area contributed by atoms with Gasteiger partial charge in [-0.2, -0.15) is 0 Å². The molecule has 0 aromatic carbocycles. The fourth-order valence-corrected chi connectivity index (χ4v) is 1.32. The maximum atomic E-state index is 11.7. The minimum absolute atomic E-state index is 0.491. The van der Waals surface area contributed by atoms with E-state index in [1.165, 1.54) is 32.5 Å². The van der Waals surface area contributed by atoms with Gasteiger partial charge in [-0.25, -0.2) is 0 Å². The van der Waals surface area contributed by atoms with Gasteiger partial charge in [0.2, 0.25) is 0 Å². The molecule has 0 unspecified atom stereocenters.